The van der Waals surface area contributed by atoms with Crippen LogP contribution in [-0.4, -0.2) is 43.0 Å². The Bertz CT molecular complexity index is 790. The molecule has 0 bridgehead atoms. The molecule has 0 spiro atoms. The third-order valence-corrected chi connectivity index (χ3v) is 4.81. The Morgan fingerprint density at radius 2 is 1.81 bits per heavy atom. The van der Waals surface area contributed by atoms with Gasteiger partial charge in [0.15, 0.2) is 0 Å². The number of nitrogens with zero attached hydrogens (tertiary/aromatic N) is 2. The van der Waals surface area contributed by atoms with Crippen molar-refractivity contribution in [3.8, 4) is 5.75 Å². The Morgan fingerprint density at radius 1 is 1.15 bits per heavy atom. The number of hydrogen-bond acceptors (Lipinski definition) is 3. The second-order valence-corrected chi connectivity index (χ2v) is 6.81. The predicted molar refractivity (Wildman–Crippen MR) is 102 cm³/mol. The summed E-state index contributed by atoms with van der Waals surface area (Å²) >= 11 is 5.91. The second kappa shape index (κ2) is 7.79. The molecule has 1 fully saturated rings. The summed E-state index contributed by atoms with van der Waals surface area (Å²) in [5, 5.41) is 0.627. The minimum Gasteiger partial charge on any atom is -0.497 e. The van der Waals surface area contributed by atoms with Crippen molar-refractivity contribution in [2.75, 3.05) is 25.1 Å². The first-order valence-corrected chi connectivity index (χ1v) is 8.84. The van der Waals surface area contributed by atoms with Crippen molar-refractivity contribution in [3.63, 3.8) is 0 Å². The second-order valence-electron chi connectivity index (χ2n) is 6.38. The lowest BCUT2D eigenvalue weighted by atomic mass is 10.1. The normalized spacial score (nSPS) is 17.3. The lowest BCUT2D eigenvalue weighted by Gasteiger charge is -2.39. The lowest BCUT2D eigenvalue weighted by molar-refractivity contribution is -0.138. The van der Waals surface area contributed by atoms with E-state index in [1.54, 1.807) is 29.0 Å². The van der Waals surface area contributed by atoms with Crippen molar-refractivity contribution in [1.29, 1.82) is 0 Å². The molecule has 1 aliphatic rings. The topological polar surface area (TPSA) is 49.9 Å². The molecule has 1 heterocycles. The zero-order chi connectivity index (χ0) is 18.7. The maximum absolute atomic E-state index is 12.7. The maximum atomic E-state index is 12.7. The van der Waals surface area contributed by atoms with Crippen LogP contribution in [0, 0.1) is 0 Å². The molecular weight excluding hydrogens is 352 g/mol. The van der Waals surface area contributed by atoms with Crippen molar-refractivity contribution >= 4 is 29.1 Å². The van der Waals surface area contributed by atoms with Gasteiger partial charge in [0.2, 0.25) is 11.8 Å². The van der Waals surface area contributed by atoms with E-state index < -0.39 is 0 Å². The van der Waals surface area contributed by atoms with E-state index >= 15 is 0 Å². The molecule has 0 aromatic heterocycles. The smallest absolute Gasteiger partial charge is 0.246 e. The number of hydrogen-bond donors (Lipinski definition) is 0. The van der Waals surface area contributed by atoms with Crippen molar-refractivity contribution in [2.45, 2.75) is 19.4 Å². The fourth-order valence-corrected chi connectivity index (χ4v) is 3.20. The Kier molecular flexibility index (Phi) is 5.47. The summed E-state index contributed by atoms with van der Waals surface area (Å²) in [7, 11) is 1.60. The van der Waals surface area contributed by atoms with Crippen LogP contribution in [0.3, 0.4) is 0 Å². The summed E-state index contributed by atoms with van der Waals surface area (Å²) in [4.78, 5) is 28.6. The average molecular weight is 373 g/mol. The van der Waals surface area contributed by atoms with Gasteiger partial charge in [0, 0.05) is 23.3 Å². The van der Waals surface area contributed by atoms with E-state index in [4.69, 9.17) is 16.3 Å². The monoisotopic (exact) mass is 372 g/mol. The largest absolute Gasteiger partial charge is 0.497 e. The van der Waals surface area contributed by atoms with Gasteiger partial charge < -0.3 is 14.5 Å². The van der Waals surface area contributed by atoms with E-state index in [0.717, 1.165) is 17.0 Å². The standard InChI is InChI=1S/C20H21ClN2O3/c1-14-12-23(17-7-5-16(21)6-8-17)20(25)13-22(14)19(24)11-15-3-9-18(26-2)10-4-15/h3-10,14H,11-13H2,1-2H3. The van der Waals surface area contributed by atoms with E-state index in [-0.39, 0.29) is 30.8 Å². The van der Waals surface area contributed by atoms with Gasteiger partial charge in [-0.2, -0.15) is 0 Å². The third kappa shape index (κ3) is 3.99. The van der Waals surface area contributed by atoms with Crippen molar-refractivity contribution in [2.24, 2.45) is 0 Å². The lowest BCUT2D eigenvalue weighted by Crippen LogP contribution is -2.57. The number of methoxy groups -OCH3 is 1. The predicted octanol–water partition coefficient (Wildman–Crippen LogP) is 3.16. The van der Waals surface area contributed by atoms with Crippen LogP contribution in [0.15, 0.2) is 48.5 Å². The molecule has 2 aromatic carbocycles. The highest BCUT2D eigenvalue weighted by Gasteiger charge is 2.33. The molecule has 1 unspecified atom stereocenters. The van der Waals surface area contributed by atoms with Gasteiger partial charge in [0.1, 0.15) is 12.3 Å². The highest BCUT2D eigenvalue weighted by molar-refractivity contribution is 6.30. The number of amides is 2. The van der Waals surface area contributed by atoms with Gasteiger partial charge in [0.05, 0.1) is 13.5 Å². The van der Waals surface area contributed by atoms with Crippen LogP contribution < -0.4 is 9.64 Å². The van der Waals surface area contributed by atoms with E-state index in [2.05, 4.69) is 0 Å². The van der Waals surface area contributed by atoms with Crippen LogP contribution in [0.4, 0.5) is 5.69 Å². The van der Waals surface area contributed by atoms with Gasteiger partial charge >= 0.3 is 0 Å². The van der Waals surface area contributed by atoms with Crippen LogP contribution >= 0.6 is 11.6 Å². The SMILES string of the molecule is COc1ccc(CC(=O)N2CC(=O)N(c3ccc(Cl)cc3)CC2C)cc1. The molecule has 2 aromatic rings. The van der Waals surface area contributed by atoms with Crippen LogP contribution in [0.2, 0.25) is 5.02 Å². The molecule has 6 heteroatoms. The van der Waals surface area contributed by atoms with Crippen LogP contribution in [0.1, 0.15) is 12.5 Å². The molecule has 3 rings (SSSR count). The van der Waals surface area contributed by atoms with Crippen molar-refractivity contribution < 1.29 is 14.3 Å². The molecule has 0 N–H and O–H groups in total. The minimum absolute atomic E-state index is 0.0493. The number of rotatable bonds is 4. The van der Waals surface area contributed by atoms with Crippen molar-refractivity contribution in [3.05, 3.63) is 59.1 Å². The summed E-state index contributed by atoms with van der Waals surface area (Å²) in [5.74, 6) is 0.613. The molecule has 0 aliphatic carbocycles. The average Bonchev–Trinajstić information content (AvgIpc) is 2.64. The molecule has 136 valence electrons. The van der Waals surface area contributed by atoms with Gasteiger partial charge in [-0.3, -0.25) is 9.59 Å². The molecule has 0 radical (unpaired) electrons. The Hall–Kier alpha value is -2.53. The summed E-state index contributed by atoms with van der Waals surface area (Å²) in [6.45, 7) is 2.51. The molecule has 2 amide bonds. The number of benzene rings is 2. The molecular formula is C20H21ClN2O3. The first kappa shape index (κ1) is 18.3. The van der Waals surface area contributed by atoms with Gasteiger partial charge in [-0.25, -0.2) is 0 Å². The summed E-state index contributed by atoms with van der Waals surface area (Å²) in [6, 6.07) is 14.5. The summed E-state index contributed by atoms with van der Waals surface area (Å²) < 4.78 is 5.13. The van der Waals surface area contributed by atoms with Gasteiger partial charge in [0.25, 0.3) is 0 Å². The van der Waals surface area contributed by atoms with E-state index in [1.165, 1.54) is 0 Å². The fraction of sp³-hybridized carbons (Fsp3) is 0.300. The zero-order valence-corrected chi connectivity index (χ0v) is 15.6. The van der Waals surface area contributed by atoms with E-state index in [9.17, 15) is 9.59 Å². The number of halogens is 1. The van der Waals surface area contributed by atoms with E-state index in [1.807, 2.05) is 43.3 Å². The summed E-state index contributed by atoms with van der Waals surface area (Å²) in [6.07, 6.45) is 0.266. The molecule has 1 aliphatic heterocycles. The van der Waals surface area contributed by atoms with Crippen LogP contribution in [0.5, 0.6) is 5.75 Å². The Morgan fingerprint density at radius 3 is 2.42 bits per heavy atom. The third-order valence-electron chi connectivity index (χ3n) is 4.56. The van der Waals surface area contributed by atoms with E-state index in [0.29, 0.717) is 11.6 Å². The van der Waals surface area contributed by atoms with Gasteiger partial charge in [-0.1, -0.05) is 23.7 Å². The van der Waals surface area contributed by atoms with Gasteiger partial charge in [-0.05, 0) is 48.9 Å². The fourth-order valence-electron chi connectivity index (χ4n) is 3.08. The molecule has 5 nitrogen and oxygen atoms in total. The number of anilines is 1. The Labute approximate surface area is 158 Å². The Balaban J connectivity index is 1.67. The highest BCUT2D eigenvalue weighted by Crippen LogP contribution is 2.23. The van der Waals surface area contributed by atoms with Crippen LogP contribution in [0.25, 0.3) is 0 Å². The first-order chi connectivity index (χ1) is 12.5. The molecule has 1 atom stereocenters. The number of ether oxygens (including phenoxy) is 1. The number of carbonyl (C=O) groups excluding carboxylic acids is 2. The quantitative estimate of drug-likeness (QED) is 0.828. The zero-order valence-electron chi connectivity index (χ0n) is 14.8. The highest BCUT2D eigenvalue weighted by atomic mass is 35.5. The maximum Gasteiger partial charge on any atom is 0.246 e. The molecule has 1 saturated heterocycles. The summed E-state index contributed by atoms with van der Waals surface area (Å²) in [5.41, 5.74) is 1.70. The van der Waals surface area contributed by atoms with Crippen molar-refractivity contribution in [1.82, 2.24) is 4.90 Å². The number of carbonyl (C=O) groups is 2. The molecule has 0 saturated carbocycles. The number of piperazine rings is 1. The molecule has 26 heavy (non-hydrogen) atoms. The van der Waals surface area contributed by atoms with Gasteiger partial charge in [-0.15, -0.1) is 0 Å². The van der Waals surface area contributed by atoms with Crippen LogP contribution in [-0.2, 0) is 16.0 Å². The first-order valence-electron chi connectivity index (χ1n) is 8.46. The minimum atomic E-state index is -0.0893.